The summed E-state index contributed by atoms with van der Waals surface area (Å²) >= 11 is 10.5. The predicted molar refractivity (Wildman–Crippen MR) is 84.3 cm³/mol. The third-order valence-electron chi connectivity index (χ3n) is 2.44. The SMILES string of the molecule is O=C(/C=C/c1cc(Br)ccc1F)NCc1ccc(Cl)s1. The highest BCUT2D eigenvalue weighted by Crippen LogP contribution is 2.21. The number of hydrogen-bond donors (Lipinski definition) is 1. The van der Waals surface area contributed by atoms with Crippen LogP contribution in [0.4, 0.5) is 4.39 Å². The minimum atomic E-state index is -0.373. The molecule has 20 heavy (non-hydrogen) atoms. The van der Waals surface area contributed by atoms with Gasteiger partial charge in [-0.15, -0.1) is 11.3 Å². The lowest BCUT2D eigenvalue weighted by atomic mass is 10.2. The predicted octanol–water partition coefficient (Wildman–Crippen LogP) is 4.63. The average molecular weight is 375 g/mol. The topological polar surface area (TPSA) is 29.1 Å². The molecule has 0 unspecified atom stereocenters. The number of hydrogen-bond acceptors (Lipinski definition) is 2. The Balaban J connectivity index is 1.93. The first-order valence-electron chi connectivity index (χ1n) is 5.70. The Hall–Kier alpha value is -1.17. The van der Waals surface area contributed by atoms with E-state index in [1.54, 1.807) is 18.2 Å². The third kappa shape index (κ3) is 4.44. The molecule has 6 heteroatoms. The number of carbonyl (C=O) groups excluding carboxylic acids is 1. The Morgan fingerprint density at radius 2 is 2.20 bits per heavy atom. The fourth-order valence-electron chi connectivity index (χ4n) is 1.49. The second-order valence-electron chi connectivity index (χ2n) is 3.92. The Labute approximate surface area is 133 Å². The molecule has 0 aliphatic heterocycles. The van der Waals surface area contributed by atoms with Gasteiger partial charge in [-0.05, 0) is 36.4 Å². The van der Waals surface area contributed by atoms with Crippen molar-refractivity contribution in [3.05, 3.63) is 61.5 Å². The molecule has 1 heterocycles. The molecule has 2 aromatic rings. The second kappa shape index (κ2) is 7.02. The number of carbonyl (C=O) groups is 1. The molecule has 104 valence electrons. The largest absolute Gasteiger partial charge is 0.348 e. The number of amides is 1. The molecule has 0 atom stereocenters. The van der Waals surface area contributed by atoms with Crippen molar-refractivity contribution in [3.8, 4) is 0 Å². The van der Waals surface area contributed by atoms with Gasteiger partial charge in [-0.1, -0.05) is 27.5 Å². The molecule has 0 fully saturated rings. The highest BCUT2D eigenvalue weighted by Gasteiger charge is 2.02. The number of benzene rings is 1. The van der Waals surface area contributed by atoms with Crippen LogP contribution in [0.2, 0.25) is 4.34 Å². The Morgan fingerprint density at radius 1 is 1.40 bits per heavy atom. The zero-order chi connectivity index (χ0) is 14.5. The van der Waals surface area contributed by atoms with Crippen LogP contribution in [0.1, 0.15) is 10.4 Å². The average Bonchev–Trinajstić information content (AvgIpc) is 2.83. The molecule has 0 aliphatic carbocycles. The van der Waals surface area contributed by atoms with Gasteiger partial charge in [0.2, 0.25) is 5.91 Å². The van der Waals surface area contributed by atoms with Crippen molar-refractivity contribution in [1.29, 1.82) is 0 Å². The van der Waals surface area contributed by atoms with Gasteiger partial charge in [-0.25, -0.2) is 4.39 Å². The third-order valence-corrected chi connectivity index (χ3v) is 4.16. The molecule has 0 saturated carbocycles. The minimum absolute atomic E-state index is 0.283. The van der Waals surface area contributed by atoms with Gasteiger partial charge in [-0.3, -0.25) is 4.79 Å². The molecule has 1 aromatic carbocycles. The molecule has 0 radical (unpaired) electrons. The lowest BCUT2D eigenvalue weighted by Crippen LogP contribution is -2.19. The van der Waals surface area contributed by atoms with Crippen LogP contribution in [0.25, 0.3) is 6.08 Å². The maximum absolute atomic E-state index is 13.5. The number of thiophene rings is 1. The summed E-state index contributed by atoms with van der Waals surface area (Å²) in [5.74, 6) is -0.656. The summed E-state index contributed by atoms with van der Waals surface area (Å²) in [6.07, 6.45) is 2.75. The van der Waals surface area contributed by atoms with Crippen LogP contribution in [0.5, 0.6) is 0 Å². The van der Waals surface area contributed by atoms with Gasteiger partial charge in [0.15, 0.2) is 0 Å². The molecule has 0 aliphatic rings. The van der Waals surface area contributed by atoms with E-state index in [0.29, 0.717) is 16.4 Å². The molecule has 0 saturated heterocycles. The molecule has 1 amide bonds. The van der Waals surface area contributed by atoms with Gasteiger partial charge in [0.25, 0.3) is 0 Å². The Kier molecular flexibility index (Phi) is 5.34. The first-order chi connectivity index (χ1) is 9.54. The van der Waals surface area contributed by atoms with E-state index in [-0.39, 0.29) is 11.7 Å². The van der Waals surface area contributed by atoms with Crippen LogP contribution < -0.4 is 5.32 Å². The van der Waals surface area contributed by atoms with E-state index in [2.05, 4.69) is 21.2 Å². The molecule has 0 spiro atoms. The summed E-state index contributed by atoms with van der Waals surface area (Å²) in [4.78, 5) is 12.6. The zero-order valence-electron chi connectivity index (χ0n) is 10.2. The van der Waals surface area contributed by atoms with Crippen LogP contribution in [0, 0.1) is 5.82 Å². The first kappa shape index (κ1) is 15.2. The maximum Gasteiger partial charge on any atom is 0.244 e. The summed E-state index contributed by atoms with van der Waals surface area (Å²) in [6, 6.07) is 8.19. The Bertz CT molecular complexity index is 656. The van der Waals surface area contributed by atoms with E-state index in [1.807, 2.05) is 6.07 Å². The van der Waals surface area contributed by atoms with Gasteiger partial charge >= 0.3 is 0 Å². The smallest absolute Gasteiger partial charge is 0.244 e. The van der Waals surface area contributed by atoms with Crippen LogP contribution in [0.15, 0.2) is 40.9 Å². The van der Waals surface area contributed by atoms with Crippen LogP contribution in [0.3, 0.4) is 0 Å². The first-order valence-corrected chi connectivity index (χ1v) is 7.68. The van der Waals surface area contributed by atoms with E-state index in [9.17, 15) is 9.18 Å². The number of rotatable bonds is 4. The quantitative estimate of drug-likeness (QED) is 0.777. The molecule has 1 N–H and O–H groups in total. The lowest BCUT2D eigenvalue weighted by Gasteiger charge is -2.00. The van der Waals surface area contributed by atoms with Gasteiger partial charge in [0.05, 0.1) is 10.9 Å². The van der Waals surface area contributed by atoms with Crippen molar-refractivity contribution in [2.24, 2.45) is 0 Å². The van der Waals surface area contributed by atoms with Crippen LogP contribution in [-0.2, 0) is 11.3 Å². The van der Waals surface area contributed by atoms with Crippen molar-refractivity contribution in [1.82, 2.24) is 5.32 Å². The normalized spacial score (nSPS) is 10.9. The highest BCUT2D eigenvalue weighted by atomic mass is 79.9. The molecule has 2 rings (SSSR count). The van der Waals surface area contributed by atoms with Gasteiger partial charge in [0, 0.05) is 21.0 Å². The summed E-state index contributed by atoms with van der Waals surface area (Å²) in [5.41, 5.74) is 0.355. The number of nitrogens with one attached hydrogen (secondary N) is 1. The van der Waals surface area contributed by atoms with E-state index in [1.165, 1.54) is 29.6 Å². The van der Waals surface area contributed by atoms with Crippen molar-refractivity contribution in [3.63, 3.8) is 0 Å². The van der Waals surface area contributed by atoms with Crippen molar-refractivity contribution in [2.75, 3.05) is 0 Å². The maximum atomic E-state index is 13.5. The monoisotopic (exact) mass is 373 g/mol. The van der Waals surface area contributed by atoms with Gasteiger partial charge in [0.1, 0.15) is 5.82 Å². The van der Waals surface area contributed by atoms with Crippen LogP contribution in [-0.4, -0.2) is 5.91 Å². The fourth-order valence-corrected chi connectivity index (χ4v) is 2.89. The zero-order valence-corrected chi connectivity index (χ0v) is 13.4. The molecular weight excluding hydrogens is 365 g/mol. The highest BCUT2D eigenvalue weighted by molar-refractivity contribution is 9.10. The number of halogens is 3. The van der Waals surface area contributed by atoms with Crippen molar-refractivity contribution < 1.29 is 9.18 Å². The molecule has 1 aromatic heterocycles. The molecule has 2 nitrogen and oxygen atoms in total. The van der Waals surface area contributed by atoms with Gasteiger partial charge < -0.3 is 5.32 Å². The fraction of sp³-hybridized carbons (Fsp3) is 0.0714. The van der Waals surface area contributed by atoms with E-state index >= 15 is 0 Å². The second-order valence-corrected chi connectivity index (χ2v) is 6.64. The molecule has 0 bridgehead atoms. The summed E-state index contributed by atoms with van der Waals surface area (Å²) in [5, 5.41) is 2.71. The van der Waals surface area contributed by atoms with Crippen LogP contribution >= 0.6 is 38.9 Å². The van der Waals surface area contributed by atoms with E-state index in [0.717, 1.165) is 9.35 Å². The van der Waals surface area contributed by atoms with E-state index in [4.69, 9.17) is 11.6 Å². The minimum Gasteiger partial charge on any atom is -0.348 e. The standard InChI is InChI=1S/C14H10BrClFNOS/c15-10-2-4-12(17)9(7-10)1-6-14(19)18-8-11-3-5-13(16)20-11/h1-7H,8H2,(H,18,19)/b6-1+. The van der Waals surface area contributed by atoms with Gasteiger partial charge in [-0.2, -0.15) is 0 Å². The summed E-state index contributed by atoms with van der Waals surface area (Å²) in [7, 11) is 0. The summed E-state index contributed by atoms with van der Waals surface area (Å²) < 4.78 is 14.9. The summed E-state index contributed by atoms with van der Waals surface area (Å²) in [6.45, 7) is 0.404. The molecular formula is C14H10BrClFNOS. The lowest BCUT2D eigenvalue weighted by molar-refractivity contribution is -0.116. The van der Waals surface area contributed by atoms with Crippen molar-refractivity contribution in [2.45, 2.75) is 6.54 Å². The van der Waals surface area contributed by atoms with Crippen molar-refractivity contribution >= 4 is 50.9 Å². The van der Waals surface area contributed by atoms with E-state index < -0.39 is 0 Å². The Morgan fingerprint density at radius 3 is 2.90 bits per heavy atom.